The van der Waals surface area contributed by atoms with Crippen LogP contribution in [0.2, 0.25) is 0 Å². The van der Waals surface area contributed by atoms with Crippen LogP contribution in [0.15, 0.2) is 48.5 Å². The predicted molar refractivity (Wildman–Crippen MR) is 84.7 cm³/mol. The SMILES string of the molecule is Cl.O=C(OCc1ccccc1)c1ccc2c(c1)CCNC2. The third-order valence-corrected chi connectivity index (χ3v) is 3.54. The lowest BCUT2D eigenvalue weighted by atomic mass is 9.98. The van der Waals surface area contributed by atoms with Crippen molar-refractivity contribution in [2.24, 2.45) is 0 Å². The Kier molecular flexibility index (Phi) is 5.37. The largest absolute Gasteiger partial charge is 0.457 e. The molecular formula is C17H18ClNO2. The molecule has 1 aliphatic rings. The lowest BCUT2D eigenvalue weighted by molar-refractivity contribution is 0.0472. The maximum absolute atomic E-state index is 12.1. The minimum absolute atomic E-state index is 0. The molecule has 1 N–H and O–H groups in total. The van der Waals surface area contributed by atoms with E-state index >= 15 is 0 Å². The fourth-order valence-corrected chi connectivity index (χ4v) is 2.41. The number of carbonyl (C=O) groups excluding carboxylic acids is 1. The molecule has 2 aromatic rings. The lowest BCUT2D eigenvalue weighted by Gasteiger charge is -2.17. The molecule has 0 aromatic heterocycles. The summed E-state index contributed by atoms with van der Waals surface area (Å²) < 4.78 is 5.35. The van der Waals surface area contributed by atoms with Crippen LogP contribution in [-0.4, -0.2) is 12.5 Å². The first kappa shape index (κ1) is 15.5. The Morgan fingerprint density at radius 1 is 1.10 bits per heavy atom. The first-order chi connectivity index (χ1) is 9.83. The van der Waals surface area contributed by atoms with Crippen LogP contribution < -0.4 is 5.32 Å². The summed E-state index contributed by atoms with van der Waals surface area (Å²) in [5.41, 5.74) is 4.17. The van der Waals surface area contributed by atoms with Gasteiger partial charge in [-0.3, -0.25) is 0 Å². The summed E-state index contributed by atoms with van der Waals surface area (Å²) in [4.78, 5) is 12.1. The predicted octanol–water partition coefficient (Wildman–Crippen LogP) is 3.11. The normalized spacial score (nSPS) is 13.0. The monoisotopic (exact) mass is 303 g/mol. The van der Waals surface area contributed by atoms with E-state index in [1.54, 1.807) is 0 Å². The number of hydrogen-bond donors (Lipinski definition) is 1. The molecule has 1 heterocycles. The van der Waals surface area contributed by atoms with Crippen molar-refractivity contribution >= 4 is 18.4 Å². The minimum atomic E-state index is -0.254. The van der Waals surface area contributed by atoms with Gasteiger partial charge in [0.25, 0.3) is 0 Å². The van der Waals surface area contributed by atoms with Crippen molar-refractivity contribution in [2.75, 3.05) is 6.54 Å². The molecule has 21 heavy (non-hydrogen) atoms. The van der Waals surface area contributed by atoms with E-state index in [9.17, 15) is 4.79 Å². The Labute approximate surface area is 130 Å². The highest BCUT2D eigenvalue weighted by molar-refractivity contribution is 5.89. The van der Waals surface area contributed by atoms with Gasteiger partial charge in [-0.1, -0.05) is 36.4 Å². The summed E-state index contributed by atoms with van der Waals surface area (Å²) in [6, 6.07) is 15.5. The smallest absolute Gasteiger partial charge is 0.338 e. The van der Waals surface area contributed by atoms with E-state index in [0.29, 0.717) is 12.2 Å². The van der Waals surface area contributed by atoms with E-state index in [-0.39, 0.29) is 18.4 Å². The van der Waals surface area contributed by atoms with Crippen molar-refractivity contribution in [1.82, 2.24) is 5.32 Å². The van der Waals surface area contributed by atoms with Gasteiger partial charge in [-0.15, -0.1) is 12.4 Å². The lowest BCUT2D eigenvalue weighted by Crippen LogP contribution is -2.23. The van der Waals surface area contributed by atoms with Gasteiger partial charge in [-0.25, -0.2) is 4.79 Å². The standard InChI is InChI=1S/C17H17NO2.ClH/c19-17(20-12-13-4-2-1-3-5-13)15-6-7-16-11-18-9-8-14(16)10-15;/h1-7,10,18H,8-9,11-12H2;1H. The Balaban J connectivity index is 0.00000161. The Morgan fingerprint density at radius 3 is 2.71 bits per heavy atom. The molecule has 3 nitrogen and oxygen atoms in total. The van der Waals surface area contributed by atoms with E-state index in [2.05, 4.69) is 5.32 Å². The van der Waals surface area contributed by atoms with Gasteiger partial charge in [0.15, 0.2) is 0 Å². The van der Waals surface area contributed by atoms with Gasteiger partial charge >= 0.3 is 5.97 Å². The van der Waals surface area contributed by atoms with Crippen molar-refractivity contribution < 1.29 is 9.53 Å². The molecule has 0 radical (unpaired) electrons. The van der Waals surface area contributed by atoms with Gasteiger partial charge in [-0.05, 0) is 41.8 Å². The highest BCUT2D eigenvalue weighted by Gasteiger charge is 2.13. The zero-order valence-corrected chi connectivity index (χ0v) is 12.5. The number of rotatable bonds is 3. The second-order valence-corrected chi connectivity index (χ2v) is 4.97. The van der Waals surface area contributed by atoms with Gasteiger partial charge in [0, 0.05) is 6.54 Å². The van der Waals surface area contributed by atoms with E-state index in [0.717, 1.165) is 25.1 Å². The van der Waals surface area contributed by atoms with Crippen LogP contribution in [0.1, 0.15) is 27.0 Å². The van der Waals surface area contributed by atoms with Crippen LogP contribution in [0, 0.1) is 0 Å². The van der Waals surface area contributed by atoms with Crippen molar-refractivity contribution in [2.45, 2.75) is 19.6 Å². The van der Waals surface area contributed by atoms with E-state index in [1.165, 1.54) is 11.1 Å². The number of ether oxygens (including phenoxy) is 1. The van der Waals surface area contributed by atoms with Crippen LogP contribution in [0.3, 0.4) is 0 Å². The zero-order valence-electron chi connectivity index (χ0n) is 11.7. The summed E-state index contributed by atoms with van der Waals surface area (Å²) in [5, 5.41) is 3.32. The van der Waals surface area contributed by atoms with Gasteiger partial charge in [0.05, 0.1) is 5.56 Å². The second kappa shape index (κ2) is 7.25. The zero-order chi connectivity index (χ0) is 13.8. The summed E-state index contributed by atoms with van der Waals surface area (Å²) in [6.07, 6.45) is 0.967. The average molecular weight is 304 g/mol. The molecule has 0 saturated heterocycles. The van der Waals surface area contributed by atoms with Crippen molar-refractivity contribution in [3.63, 3.8) is 0 Å². The molecule has 1 aliphatic heterocycles. The third-order valence-electron chi connectivity index (χ3n) is 3.54. The summed E-state index contributed by atoms with van der Waals surface area (Å²) in [7, 11) is 0. The Bertz CT molecular complexity index is 613. The first-order valence-electron chi connectivity index (χ1n) is 6.86. The fraction of sp³-hybridized carbons (Fsp3) is 0.235. The third kappa shape index (κ3) is 3.84. The average Bonchev–Trinajstić information content (AvgIpc) is 2.53. The molecule has 0 aliphatic carbocycles. The number of fused-ring (bicyclic) bond motifs is 1. The molecule has 0 atom stereocenters. The van der Waals surface area contributed by atoms with E-state index < -0.39 is 0 Å². The molecule has 0 fully saturated rings. The molecule has 4 heteroatoms. The van der Waals surface area contributed by atoms with Crippen LogP contribution in [0.4, 0.5) is 0 Å². The van der Waals surface area contributed by atoms with E-state index in [1.807, 2.05) is 48.5 Å². The van der Waals surface area contributed by atoms with Crippen LogP contribution in [-0.2, 0) is 24.3 Å². The Morgan fingerprint density at radius 2 is 1.90 bits per heavy atom. The van der Waals surface area contributed by atoms with Crippen LogP contribution in [0.5, 0.6) is 0 Å². The maximum Gasteiger partial charge on any atom is 0.338 e. The second-order valence-electron chi connectivity index (χ2n) is 4.97. The van der Waals surface area contributed by atoms with Gasteiger partial charge in [0.1, 0.15) is 6.61 Å². The highest BCUT2D eigenvalue weighted by atomic mass is 35.5. The van der Waals surface area contributed by atoms with Crippen LogP contribution >= 0.6 is 12.4 Å². The number of nitrogens with one attached hydrogen (secondary N) is 1. The summed E-state index contributed by atoms with van der Waals surface area (Å²) >= 11 is 0. The summed E-state index contributed by atoms with van der Waals surface area (Å²) in [6.45, 7) is 2.17. The Hall–Kier alpha value is -1.84. The quantitative estimate of drug-likeness (QED) is 0.886. The summed E-state index contributed by atoms with van der Waals surface area (Å²) in [5.74, 6) is -0.254. The molecule has 3 rings (SSSR count). The molecule has 0 spiro atoms. The fourth-order valence-electron chi connectivity index (χ4n) is 2.41. The molecule has 0 saturated carbocycles. The van der Waals surface area contributed by atoms with Crippen LogP contribution in [0.25, 0.3) is 0 Å². The van der Waals surface area contributed by atoms with E-state index in [4.69, 9.17) is 4.74 Å². The minimum Gasteiger partial charge on any atom is -0.457 e. The van der Waals surface area contributed by atoms with Crippen molar-refractivity contribution in [3.05, 3.63) is 70.8 Å². The molecule has 0 bridgehead atoms. The van der Waals surface area contributed by atoms with Gasteiger partial charge in [0.2, 0.25) is 0 Å². The number of esters is 1. The highest BCUT2D eigenvalue weighted by Crippen LogP contribution is 2.17. The van der Waals surface area contributed by atoms with Gasteiger partial charge in [-0.2, -0.15) is 0 Å². The molecule has 110 valence electrons. The number of benzene rings is 2. The number of hydrogen-bond acceptors (Lipinski definition) is 3. The molecule has 2 aromatic carbocycles. The number of halogens is 1. The maximum atomic E-state index is 12.1. The molecule has 0 unspecified atom stereocenters. The molecule has 0 amide bonds. The number of carbonyl (C=O) groups is 1. The van der Waals surface area contributed by atoms with Crippen molar-refractivity contribution in [3.8, 4) is 0 Å². The topological polar surface area (TPSA) is 38.3 Å². The first-order valence-corrected chi connectivity index (χ1v) is 6.86. The van der Waals surface area contributed by atoms with Gasteiger partial charge < -0.3 is 10.1 Å². The molecular weight excluding hydrogens is 286 g/mol. The van der Waals surface area contributed by atoms with Crippen molar-refractivity contribution in [1.29, 1.82) is 0 Å².